The molecule has 2 aromatic heterocycles. The van der Waals surface area contributed by atoms with Crippen molar-refractivity contribution in [2.45, 2.75) is 18.6 Å². The normalized spacial score (nSPS) is 10.9. The van der Waals surface area contributed by atoms with E-state index in [0.29, 0.717) is 35.0 Å². The van der Waals surface area contributed by atoms with E-state index >= 15 is 0 Å². The lowest BCUT2D eigenvalue weighted by Gasteiger charge is -2.08. The zero-order chi connectivity index (χ0) is 20.3. The number of nitrogens with one attached hydrogen (secondary N) is 1. The summed E-state index contributed by atoms with van der Waals surface area (Å²) in [7, 11) is 3.29. The first kappa shape index (κ1) is 19.8. The average Bonchev–Trinajstić information content (AvgIpc) is 3.24. The molecule has 2 heterocycles. The van der Waals surface area contributed by atoms with Crippen LogP contribution in [0.4, 0.5) is 14.5 Å². The highest BCUT2D eigenvalue weighted by molar-refractivity contribution is 7.99. The molecule has 0 bridgehead atoms. The SMILES string of the molecule is CCn1c(SCC(=O)Nc2ccc(F)cc2F)nnc1-c1cn(C)nc1OC. The van der Waals surface area contributed by atoms with Crippen LogP contribution in [0.2, 0.25) is 0 Å². The minimum Gasteiger partial charge on any atom is -0.479 e. The second-order valence-electron chi connectivity index (χ2n) is 5.74. The number of ether oxygens (including phenoxy) is 1. The Kier molecular flexibility index (Phi) is 5.93. The molecular formula is C17H18F2N6O2S. The molecule has 0 aliphatic rings. The van der Waals surface area contributed by atoms with Gasteiger partial charge in [-0.05, 0) is 19.1 Å². The number of carbonyl (C=O) groups is 1. The number of rotatable bonds is 7. The topological polar surface area (TPSA) is 86.9 Å². The van der Waals surface area contributed by atoms with Gasteiger partial charge < -0.3 is 14.6 Å². The van der Waals surface area contributed by atoms with Gasteiger partial charge in [0.05, 0.1) is 18.6 Å². The second kappa shape index (κ2) is 8.38. The summed E-state index contributed by atoms with van der Waals surface area (Å²) in [6.07, 6.45) is 1.77. The minimum atomic E-state index is -0.832. The summed E-state index contributed by atoms with van der Waals surface area (Å²) in [6.45, 7) is 2.49. The van der Waals surface area contributed by atoms with Gasteiger partial charge >= 0.3 is 0 Å². The third-order valence-electron chi connectivity index (χ3n) is 3.80. The lowest BCUT2D eigenvalue weighted by Crippen LogP contribution is -2.15. The van der Waals surface area contributed by atoms with Crippen LogP contribution in [0, 0.1) is 11.6 Å². The van der Waals surface area contributed by atoms with Gasteiger partial charge in [0.2, 0.25) is 11.8 Å². The largest absolute Gasteiger partial charge is 0.479 e. The van der Waals surface area contributed by atoms with Gasteiger partial charge in [-0.3, -0.25) is 9.48 Å². The number of thioether (sulfide) groups is 1. The maximum atomic E-state index is 13.6. The van der Waals surface area contributed by atoms with Gasteiger partial charge in [0.1, 0.15) is 17.2 Å². The molecule has 1 N–H and O–H groups in total. The predicted octanol–water partition coefficient (Wildman–Crippen LogP) is 2.72. The summed E-state index contributed by atoms with van der Waals surface area (Å²) in [5, 5.41) is 15.5. The van der Waals surface area contributed by atoms with E-state index in [9.17, 15) is 13.6 Å². The van der Waals surface area contributed by atoms with E-state index in [2.05, 4.69) is 20.6 Å². The highest BCUT2D eigenvalue weighted by Crippen LogP contribution is 2.30. The van der Waals surface area contributed by atoms with E-state index in [-0.39, 0.29) is 11.4 Å². The van der Waals surface area contributed by atoms with Gasteiger partial charge in [0.25, 0.3) is 0 Å². The van der Waals surface area contributed by atoms with Crippen LogP contribution in [-0.4, -0.2) is 43.3 Å². The molecule has 0 saturated heterocycles. The quantitative estimate of drug-likeness (QED) is 0.605. The monoisotopic (exact) mass is 408 g/mol. The third kappa shape index (κ3) is 4.14. The summed E-state index contributed by atoms with van der Waals surface area (Å²) in [5.41, 5.74) is 0.605. The van der Waals surface area contributed by atoms with Gasteiger partial charge in [0.15, 0.2) is 11.0 Å². The molecule has 148 valence electrons. The molecule has 3 aromatic rings. The highest BCUT2D eigenvalue weighted by atomic mass is 32.2. The Balaban J connectivity index is 1.72. The summed E-state index contributed by atoms with van der Waals surface area (Å²) in [6, 6.07) is 2.96. The Morgan fingerprint density at radius 3 is 2.79 bits per heavy atom. The number of anilines is 1. The molecule has 0 unspecified atom stereocenters. The fourth-order valence-electron chi connectivity index (χ4n) is 2.56. The number of carbonyl (C=O) groups excluding carboxylic acids is 1. The summed E-state index contributed by atoms with van der Waals surface area (Å²) in [4.78, 5) is 12.1. The van der Waals surface area contributed by atoms with Gasteiger partial charge in [-0.25, -0.2) is 8.78 Å². The van der Waals surface area contributed by atoms with E-state index in [0.717, 1.165) is 17.8 Å². The number of hydrogen-bond acceptors (Lipinski definition) is 6. The Labute approximate surface area is 163 Å². The number of aromatic nitrogens is 5. The summed E-state index contributed by atoms with van der Waals surface area (Å²) < 4.78 is 35.3. The Morgan fingerprint density at radius 2 is 2.11 bits per heavy atom. The number of benzene rings is 1. The maximum absolute atomic E-state index is 13.6. The Hall–Kier alpha value is -2.95. The fraction of sp³-hybridized carbons (Fsp3) is 0.294. The highest BCUT2D eigenvalue weighted by Gasteiger charge is 2.20. The third-order valence-corrected chi connectivity index (χ3v) is 4.77. The standard InChI is InChI=1S/C17H18F2N6O2S/c1-4-25-15(11-8-24(2)23-16(11)27-3)21-22-17(25)28-9-14(26)20-13-6-5-10(18)7-12(13)19/h5-8H,4,9H2,1-3H3,(H,20,26). The number of methoxy groups -OCH3 is 1. The molecule has 0 spiro atoms. The molecule has 11 heteroatoms. The lowest BCUT2D eigenvalue weighted by molar-refractivity contribution is -0.113. The molecular weight excluding hydrogens is 390 g/mol. The van der Waals surface area contributed by atoms with Crippen molar-refractivity contribution in [2.75, 3.05) is 18.2 Å². The van der Waals surface area contributed by atoms with Gasteiger partial charge in [0, 0.05) is 25.9 Å². The number of amides is 1. The number of nitrogens with zero attached hydrogens (tertiary/aromatic N) is 5. The molecule has 0 saturated carbocycles. The van der Waals surface area contributed by atoms with Crippen LogP contribution in [-0.2, 0) is 18.4 Å². The van der Waals surface area contributed by atoms with E-state index in [1.54, 1.807) is 17.9 Å². The number of hydrogen-bond donors (Lipinski definition) is 1. The van der Waals surface area contributed by atoms with Crippen molar-refractivity contribution in [3.63, 3.8) is 0 Å². The van der Waals surface area contributed by atoms with Crippen LogP contribution in [0.15, 0.2) is 29.6 Å². The van der Waals surface area contributed by atoms with Crippen LogP contribution in [0.3, 0.4) is 0 Å². The number of aryl methyl sites for hydroxylation is 1. The fourth-order valence-corrected chi connectivity index (χ4v) is 3.36. The van der Waals surface area contributed by atoms with Crippen LogP contribution >= 0.6 is 11.8 Å². The van der Waals surface area contributed by atoms with Gasteiger partial charge in [-0.15, -0.1) is 15.3 Å². The molecule has 0 aliphatic carbocycles. The number of halogens is 2. The minimum absolute atomic E-state index is 0.0148. The van der Waals surface area contributed by atoms with Gasteiger partial charge in [-0.2, -0.15) is 0 Å². The molecule has 0 radical (unpaired) electrons. The van der Waals surface area contributed by atoms with Crippen LogP contribution < -0.4 is 10.1 Å². The zero-order valence-electron chi connectivity index (χ0n) is 15.4. The van der Waals surface area contributed by atoms with Crippen molar-refractivity contribution in [2.24, 2.45) is 7.05 Å². The molecule has 1 amide bonds. The van der Waals surface area contributed by atoms with Crippen LogP contribution in [0.1, 0.15) is 6.92 Å². The van der Waals surface area contributed by atoms with Gasteiger partial charge in [-0.1, -0.05) is 11.8 Å². The first-order chi connectivity index (χ1) is 13.4. The zero-order valence-corrected chi connectivity index (χ0v) is 16.3. The smallest absolute Gasteiger partial charge is 0.243 e. The van der Waals surface area contributed by atoms with Crippen molar-refractivity contribution < 1.29 is 18.3 Å². The lowest BCUT2D eigenvalue weighted by atomic mass is 10.3. The van der Waals surface area contributed by atoms with Crippen molar-refractivity contribution in [1.82, 2.24) is 24.5 Å². The average molecular weight is 408 g/mol. The van der Waals surface area contributed by atoms with Crippen LogP contribution in [0.5, 0.6) is 5.88 Å². The van der Waals surface area contributed by atoms with Crippen molar-refractivity contribution in [3.8, 4) is 17.3 Å². The predicted molar refractivity (Wildman–Crippen MR) is 100 cm³/mol. The first-order valence-electron chi connectivity index (χ1n) is 8.31. The Morgan fingerprint density at radius 1 is 1.32 bits per heavy atom. The first-order valence-corrected chi connectivity index (χ1v) is 9.30. The molecule has 1 aromatic carbocycles. The van der Waals surface area contributed by atoms with E-state index in [4.69, 9.17) is 4.74 Å². The molecule has 0 aliphatic heterocycles. The molecule has 28 heavy (non-hydrogen) atoms. The molecule has 3 rings (SSSR count). The van der Waals surface area contributed by atoms with Crippen LogP contribution in [0.25, 0.3) is 11.4 Å². The molecule has 0 atom stereocenters. The molecule has 8 nitrogen and oxygen atoms in total. The maximum Gasteiger partial charge on any atom is 0.243 e. The molecule has 0 fully saturated rings. The van der Waals surface area contributed by atoms with Crippen molar-refractivity contribution in [1.29, 1.82) is 0 Å². The van der Waals surface area contributed by atoms with E-state index in [1.165, 1.54) is 13.2 Å². The van der Waals surface area contributed by atoms with Crippen molar-refractivity contribution in [3.05, 3.63) is 36.0 Å². The second-order valence-corrected chi connectivity index (χ2v) is 6.68. The Bertz CT molecular complexity index is 1000. The van der Waals surface area contributed by atoms with Crippen molar-refractivity contribution >= 4 is 23.4 Å². The van der Waals surface area contributed by atoms with E-state index < -0.39 is 17.5 Å². The summed E-state index contributed by atoms with van der Waals surface area (Å²) in [5.74, 6) is -1.01. The van der Waals surface area contributed by atoms with E-state index in [1.807, 2.05) is 11.5 Å². The summed E-state index contributed by atoms with van der Waals surface area (Å²) >= 11 is 1.16.